The third kappa shape index (κ3) is 3.24. The van der Waals surface area contributed by atoms with Crippen LogP contribution in [0.5, 0.6) is 5.75 Å². The fourth-order valence-electron chi connectivity index (χ4n) is 1.81. The van der Waals surface area contributed by atoms with Crippen LogP contribution in [0.2, 0.25) is 0 Å². The molecule has 0 aliphatic carbocycles. The zero-order valence-electron chi connectivity index (χ0n) is 11.6. The van der Waals surface area contributed by atoms with Crippen molar-refractivity contribution in [3.8, 4) is 5.75 Å². The van der Waals surface area contributed by atoms with Crippen LogP contribution in [0, 0.1) is 0 Å². The number of esters is 1. The number of fused-ring (bicyclic) bond motifs is 1. The zero-order valence-corrected chi connectivity index (χ0v) is 11.6. The molecule has 1 aromatic carbocycles. The first-order chi connectivity index (χ1) is 8.89. The molecule has 0 atom stereocenters. The van der Waals surface area contributed by atoms with E-state index in [9.17, 15) is 4.79 Å². The third-order valence-electron chi connectivity index (χ3n) is 2.55. The monoisotopic (exact) mass is 262 g/mol. The number of methoxy groups -OCH3 is 1. The van der Waals surface area contributed by atoms with E-state index in [0.717, 1.165) is 16.8 Å². The van der Waals surface area contributed by atoms with Gasteiger partial charge in [0.2, 0.25) is 0 Å². The molecule has 0 fully saturated rings. The molecule has 0 saturated heterocycles. The van der Waals surface area contributed by atoms with Crippen molar-refractivity contribution in [1.29, 1.82) is 0 Å². The van der Waals surface area contributed by atoms with Crippen LogP contribution in [0.15, 0.2) is 24.5 Å². The summed E-state index contributed by atoms with van der Waals surface area (Å²) in [7, 11) is 1.61. The molecule has 0 N–H and O–H groups in total. The zero-order chi connectivity index (χ0) is 14.0. The van der Waals surface area contributed by atoms with Gasteiger partial charge in [0.15, 0.2) is 0 Å². The van der Waals surface area contributed by atoms with Crippen molar-refractivity contribution in [3.05, 3.63) is 24.5 Å². The summed E-state index contributed by atoms with van der Waals surface area (Å²) in [5.41, 5.74) is 1.20. The van der Waals surface area contributed by atoms with Gasteiger partial charge in [-0.1, -0.05) is 0 Å². The summed E-state index contributed by atoms with van der Waals surface area (Å²) in [5, 5.41) is 0. The van der Waals surface area contributed by atoms with Crippen LogP contribution < -0.4 is 4.74 Å². The standard InChI is InChI=1S/C14H18N2O3/c1-14(2,3)19-13(17)8-16-9-15-11-7-10(18-4)5-6-12(11)16/h5-7,9H,8H2,1-4H3. The van der Waals surface area contributed by atoms with Gasteiger partial charge < -0.3 is 14.0 Å². The Morgan fingerprint density at radius 3 is 2.74 bits per heavy atom. The summed E-state index contributed by atoms with van der Waals surface area (Å²) in [4.78, 5) is 16.0. The number of hydrogen-bond acceptors (Lipinski definition) is 4. The second kappa shape index (κ2) is 4.91. The Bertz CT molecular complexity index is 596. The smallest absolute Gasteiger partial charge is 0.326 e. The molecule has 0 bridgehead atoms. The van der Waals surface area contributed by atoms with Crippen molar-refractivity contribution in [3.63, 3.8) is 0 Å². The molecule has 0 radical (unpaired) electrons. The lowest BCUT2D eigenvalue weighted by atomic mass is 10.2. The van der Waals surface area contributed by atoms with Crippen molar-refractivity contribution in [2.45, 2.75) is 32.9 Å². The number of carbonyl (C=O) groups excluding carboxylic acids is 1. The first-order valence-corrected chi connectivity index (χ1v) is 6.10. The number of benzene rings is 1. The van der Waals surface area contributed by atoms with Crippen molar-refractivity contribution in [2.75, 3.05) is 7.11 Å². The van der Waals surface area contributed by atoms with Crippen molar-refractivity contribution < 1.29 is 14.3 Å². The van der Waals surface area contributed by atoms with Gasteiger partial charge in [-0.15, -0.1) is 0 Å². The van der Waals surface area contributed by atoms with E-state index in [0.29, 0.717) is 0 Å². The van der Waals surface area contributed by atoms with Gasteiger partial charge in [0.1, 0.15) is 17.9 Å². The second-order valence-electron chi connectivity index (χ2n) is 5.31. The van der Waals surface area contributed by atoms with Gasteiger partial charge in [-0.2, -0.15) is 0 Å². The van der Waals surface area contributed by atoms with Gasteiger partial charge in [-0.05, 0) is 32.9 Å². The molecule has 0 spiro atoms. The Hall–Kier alpha value is -2.04. The van der Waals surface area contributed by atoms with E-state index < -0.39 is 5.60 Å². The first-order valence-electron chi connectivity index (χ1n) is 6.10. The summed E-state index contributed by atoms with van der Waals surface area (Å²) >= 11 is 0. The normalized spacial score (nSPS) is 11.6. The minimum Gasteiger partial charge on any atom is -0.497 e. The number of nitrogens with zero attached hydrogens (tertiary/aromatic N) is 2. The van der Waals surface area contributed by atoms with Crippen LogP contribution in [-0.2, 0) is 16.1 Å². The van der Waals surface area contributed by atoms with E-state index >= 15 is 0 Å². The number of hydrogen-bond donors (Lipinski definition) is 0. The predicted octanol–water partition coefficient (Wildman–Crippen LogP) is 2.39. The molecular weight excluding hydrogens is 244 g/mol. The maximum absolute atomic E-state index is 11.8. The molecule has 0 aliphatic heterocycles. The molecule has 0 aliphatic rings. The summed E-state index contributed by atoms with van der Waals surface area (Å²) in [6.07, 6.45) is 1.63. The largest absolute Gasteiger partial charge is 0.497 e. The molecule has 1 aromatic heterocycles. The van der Waals surface area contributed by atoms with Crippen LogP contribution in [0.3, 0.4) is 0 Å². The predicted molar refractivity (Wildman–Crippen MR) is 72.1 cm³/mol. The molecule has 0 saturated carbocycles. The lowest BCUT2D eigenvalue weighted by Crippen LogP contribution is -2.26. The highest BCUT2D eigenvalue weighted by Crippen LogP contribution is 2.19. The summed E-state index contributed by atoms with van der Waals surface area (Å²) in [6, 6.07) is 5.56. The SMILES string of the molecule is COc1ccc2c(c1)ncn2CC(=O)OC(C)(C)C. The molecular formula is C14H18N2O3. The van der Waals surface area contributed by atoms with E-state index in [4.69, 9.17) is 9.47 Å². The average molecular weight is 262 g/mol. The molecule has 5 heteroatoms. The topological polar surface area (TPSA) is 53.4 Å². The second-order valence-corrected chi connectivity index (χ2v) is 5.31. The molecule has 102 valence electrons. The fourth-order valence-corrected chi connectivity index (χ4v) is 1.81. The lowest BCUT2D eigenvalue weighted by Gasteiger charge is -2.19. The van der Waals surface area contributed by atoms with E-state index in [1.807, 2.05) is 39.0 Å². The number of aromatic nitrogens is 2. The van der Waals surface area contributed by atoms with Crippen molar-refractivity contribution >= 4 is 17.0 Å². The van der Waals surface area contributed by atoms with Crippen LogP contribution in [0.25, 0.3) is 11.0 Å². The molecule has 19 heavy (non-hydrogen) atoms. The molecule has 5 nitrogen and oxygen atoms in total. The Kier molecular flexibility index (Phi) is 3.46. The molecule has 2 aromatic rings. The van der Waals surface area contributed by atoms with Gasteiger partial charge in [0.25, 0.3) is 0 Å². The van der Waals surface area contributed by atoms with E-state index in [-0.39, 0.29) is 12.5 Å². The summed E-state index contributed by atoms with van der Waals surface area (Å²) < 4.78 is 12.2. The highest BCUT2D eigenvalue weighted by Gasteiger charge is 2.17. The quantitative estimate of drug-likeness (QED) is 0.797. The number of carbonyl (C=O) groups is 1. The van der Waals surface area contributed by atoms with Crippen molar-refractivity contribution in [1.82, 2.24) is 9.55 Å². The Balaban J connectivity index is 2.20. The highest BCUT2D eigenvalue weighted by molar-refractivity contribution is 5.79. The van der Waals surface area contributed by atoms with E-state index in [1.54, 1.807) is 18.0 Å². The first kappa shape index (κ1) is 13.4. The van der Waals surface area contributed by atoms with Gasteiger partial charge in [0, 0.05) is 6.07 Å². The summed E-state index contributed by atoms with van der Waals surface area (Å²) in [5.74, 6) is 0.470. The third-order valence-corrected chi connectivity index (χ3v) is 2.55. The van der Waals surface area contributed by atoms with Crippen LogP contribution in [0.1, 0.15) is 20.8 Å². The number of imidazole rings is 1. The minimum absolute atomic E-state index is 0.153. The Morgan fingerprint density at radius 1 is 1.37 bits per heavy atom. The minimum atomic E-state index is -0.476. The van der Waals surface area contributed by atoms with Gasteiger partial charge in [-0.3, -0.25) is 4.79 Å². The van der Waals surface area contributed by atoms with E-state index in [1.165, 1.54) is 0 Å². The van der Waals surface area contributed by atoms with Gasteiger partial charge in [-0.25, -0.2) is 4.98 Å². The van der Waals surface area contributed by atoms with Crippen LogP contribution >= 0.6 is 0 Å². The number of rotatable bonds is 3. The summed E-state index contributed by atoms with van der Waals surface area (Å²) in [6.45, 7) is 5.70. The van der Waals surface area contributed by atoms with Gasteiger partial charge in [0.05, 0.1) is 24.5 Å². The van der Waals surface area contributed by atoms with E-state index in [2.05, 4.69) is 4.98 Å². The molecule has 0 unspecified atom stereocenters. The average Bonchev–Trinajstić information content (AvgIpc) is 2.69. The molecule has 0 amide bonds. The van der Waals surface area contributed by atoms with Gasteiger partial charge >= 0.3 is 5.97 Å². The Labute approximate surface area is 112 Å². The van der Waals surface area contributed by atoms with Crippen molar-refractivity contribution in [2.24, 2.45) is 0 Å². The molecule has 2 rings (SSSR count). The molecule has 1 heterocycles. The maximum Gasteiger partial charge on any atom is 0.326 e. The lowest BCUT2D eigenvalue weighted by molar-refractivity contribution is -0.155. The van der Waals surface area contributed by atoms with Crippen LogP contribution in [0.4, 0.5) is 0 Å². The van der Waals surface area contributed by atoms with Crippen LogP contribution in [-0.4, -0.2) is 28.2 Å². The highest BCUT2D eigenvalue weighted by atomic mass is 16.6. The maximum atomic E-state index is 11.8. The Morgan fingerprint density at radius 2 is 2.11 bits per heavy atom. The number of ether oxygens (including phenoxy) is 2. The fraction of sp³-hybridized carbons (Fsp3) is 0.429.